The van der Waals surface area contributed by atoms with Gasteiger partial charge < -0.3 is 28.8 Å². The molecule has 0 saturated carbocycles. The third-order valence-corrected chi connectivity index (χ3v) is 14.1. The molecule has 0 aromatic rings. The van der Waals surface area contributed by atoms with Gasteiger partial charge in [-0.1, -0.05) is 261 Å². The first-order valence-electron chi connectivity index (χ1n) is 32.0. The summed E-state index contributed by atoms with van der Waals surface area (Å²) in [6.45, 7) is 4.47. The molecule has 0 saturated heterocycles. The van der Waals surface area contributed by atoms with Crippen molar-refractivity contribution in [3.63, 3.8) is 0 Å². The van der Waals surface area contributed by atoms with Gasteiger partial charge in [0.25, 0.3) is 7.82 Å². The van der Waals surface area contributed by atoms with Gasteiger partial charge in [0.2, 0.25) is 5.91 Å². The standard InChI is InChI=1S/C72H119N2O6P/c1-6-8-10-12-14-16-18-20-22-24-26-27-28-29-30-31-32-33-34-35-36-37-38-39-40-41-42-43-44-45-46-47-48-50-52-54-56-58-60-62-64-66-72(76)73-70(69-80-81(77,78)79-68-67-74(3,4)5)71(75)65-63-61-59-57-55-53-51-49-25-23-21-19-17-15-13-11-9-7-2/h8,10,14,16,20,22,25-27,29-30,32-33,35-36,38-39,41-42,44-45,47-49,55,57,63,65,70-71,75H,6-7,9,11-13,15,17-19,21,23-24,28,31,34,37,40,43,46,50-54,56,58-62,64,66-69H2,1-5H3,(H-,73,76,77,78)/b10-8-,16-14-,22-20-,27-26-,30-29-,33-32-,36-35-,39-38-,42-41-,45-44-,48-47-,49-25+,57-55+,65-63+. The molecular weight excluding hydrogens is 1020 g/mol. The van der Waals surface area contributed by atoms with Gasteiger partial charge >= 0.3 is 0 Å². The lowest BCUT2D eigenvalue weighted by Crippen LogP contribution is -2.45. The van der Waals surface area contributed by atoms with E-state index in [4.69, 9.17) is 9.05 Å². The highest BCUT2D eigenvalue weighted by Crippen LogP contribution is 2.38. The molecule has 9 heteroatoms. The molecule has 0 aliphatic carbocycles. The van der Waals surface area contributed by atoms with Crippen molar-refractivity contribution in [2.75, 3.05) is 40.9 Å². The molecule has 2 N–H and O–H groups in total. The second-order valence-electron chi connectivity index (χ2n) is 22.0. The molecule has 3 atom stereocenters. The zero-order chi connectivity index (χ0) is 59.1. The molecular formula is C72H119N2O6P. The lowest BCUT2D eigenvalue weighted by molar-refractivity contribution is -0.870. The number of allylic oxidation sites excluding steroid dienone is 27. The molecule has 0 aromatic heterocycles. The SMILES string of the molecule is CC/C=C\C/C=C\C/C=C\C/C=C\C/C=C\C/C=C\C/C=C\C/C=C\C/C=C\C/C=C\C/C=C\CCCCCCCCCC(=O)NC(COP(=O)([O-])OCC[N+](C)(C)C)C(O)/C=C/CC/C=C/CC/C=C/CCCCCCCCCC. The van der Waals surface area contributed by atoms with Crippen LogP contribution in [0.2, 0.25) is 0 Å². The smallest absolute Gasteiger partial charge is 0.268 e. The quantitative estimate of drug-likeness (QED) is 0.0272. The van der Waals surface area contributed by atoms with E-state index in [1.807, 2.05) is 27.2 Å². The molecule has 0 fully saturated rings. The zero-order valence-corrected chi connectivity index (χ0v) is 53.1. The molecule has 3 unspecified atom stereocenters. The molecule has 0 aliphatic heterocycles. The van der Waals surface area contributed by atoms with E-state index in [0.717, 1.165) is 128 Å². The second-order valence-corrected chi connectivity index (χ2v) is 23.4. The van der Waals surface area contributed by atoms with Crippen LogP contribution in [-0.4, -0.2) is 68.5 Å². The van der Waals surface area contributed by atoms with Crippen molar-refractivity contribution in [1.82, 2.24) is 5.32 Å². The molecule has 8 nitrogen and oxygen atoms in total. The molecule has 0 aliphatic rings. The number of phosphoric acid groups is 1. The Hall–Kier alpha value is -4.14. The van der Waals surface area contributed by atoms with E-state index >= 15 is 0 Å². The number of nitrogens with zero attached hydrogens (tertiary/aromatic N) is 1. The van der Waals surface area contributed by atoms with Gasteiger partial charge in [0.05, 0.1) is 39.9 Å². The highest BCUT2D eigenvalue weighted by Gasteiger charge is 2.23. The normalized spacial score (nSPS) is 14.9. The monoisotopic (exact) mass is 1140 g/mol. The average molecular weight is 1140 g/mol. The van der Waals surface area contributed by atoms with Gasteiger partial charge in [0, 0.05) is 6.42 Å². The number of aliphatic hydroxyl groups excluding tert-OH is 1. The van der Waals surface area contributed by atoms with Crippen molar-refractivity contribution in [2.45, 2.75) is 238 Å². The summed E-state index contributed by atoms with van der Waals surface area (Å²) < 4.78 is 23.3. The minimum absolute atomic E-state index is 0.0202. The largest absolute Gasteiger partial charge is 0.756 e. The van der Waals surface area contributed by atoms with E-state index < -0.39 is 26.6 Å². The summed E-state index contributed by atoms with van der Waals surface area (Å²) in [6, 6.07) is -0.929. The van der Waals surface area contributed by atoms with Crippen molar-refractivity contribution < 1.29 is 32.9 Å². The van der Waals surface area contributed by atoms with Crippen LogP contribution in [0.4, 0.5) is 0 Å². The fourth-order valence-corrected chi connectivity index (χ4v) is 8.91. The van der Waals surface area contributed by atoms with Gasteiger partial charge in [-0.2, -0.15) is 0 Å². The number of quaternary nitrogens is 1. The van der Waals surface area contributed by atoms with E-state index in [2.05, 4.69) is 177 Å². The Morgan fingerprint density at radius 1 is 0.444 bits per heavy atom. The van der Waals surface area contributed by atoms with E-state index in [1.54, 1.807) is 6.08 Å². The highest BCUT2D eigenvalue weighted by molar-refractivity contribution is 7.45. The molecule has 0 bridgehead atoms. The number of unbranched alkanes of at least 4 members (excludes halogenated alkanes) is 17. The Labute approximate surface area is 498 Å². The average Bonchev–Trinajstić information content (AvgIpc) is 3.43. The van der Waals surface area contributed by atoms with Gasteiger partial charge in [0.15, 0.2) is 0 Å². The lowest BCUT2D eigenvalue weighted by atomic mass is 10.1. The molecule has 458 valence electrons. The molecule has 0 radical (unpaired) electrons. The fourth-order valence-electron chi connectivity index (χ4n) is 8.19. The number of aliphatic hydroxyl groups is 1. The minimum Gasteiger partial charge on any atom is -0.756 e. The second kappa shape index (κ2) is 60.5. The van der Waals surface area contributed by atoms with Crippen molar-refractivity contribution in [1.29, 1.82) is 0 Å². The summed E-state index contributed by atoms with van der Waals surface area (Å²) in [5, 5.41) is 13.9. The summed E-state index contributed by atoms with van der Waals surface area (Å²) >= 11 is 0. The van der Waals surface area contributed by atoms with Crippen LogP contribution >= 0.6 is 7.82 Å². The molecule has 0 spiro atoms. The van der Waals surface area contributed by atoms with Gasteiger partial charge in [-0.15, -0.1) is 0 Å². The van der Waals surface area contributed by atoms with Crippen LogP contribution in [0, 0.1) is 0 Å². The summed E-state index contributed by atoms with van der Waals surface area (Å²) in [5.74, 6) is -0.230. The van der Waals surface area contributed by atoms with Gasteiger partial charge in [-0.25, -0.2) is 0 Å². The lowest BCUT2D eigenvalue weighted by Gasteiger charge is -2.29. The number of carbonyl (C=O) groups excluding carboxylic acids is 1. The fraction of sp³-hybridized carbons (Fsp3) is 0.597. The Bertz CT molecular complexity index is 1920. The van der Waals surface area contributed by atoms with E-state index in [-0.39, 0.29) is 12.5 Å². The van der Waals surface area contributed by atoms with Crippen molar-refractivity contribution >= 4 is 13.7 Å². The number of amides is 1. The first kappa shape index (κ1) is 76.9. The Morgan fingerprint density at radius 3 is 1.15 bits per heavy atom. The Balaban J connectivity index is 4.22. The number of hydrogen-bond donors (Lipinski definition) is 2. The first-order chi connectivity index (χ1) is 39.5. The molecule has 0 heterocycles. The number of likely N-dealkylation sites (N-methyl/N-ethyl adjacent to an activating group) is 1. The van der Waals surface area contributed by atoms with E-state index in [1.165, 1.54) is 77.0 Å². The molecule has 81 heavy (non-hydrogen) atoms. The van der Waals surface area contributed by atoms with E-state index in [9.17, 15) is 19.4 Å². The van der Waals surface area contributed by atoms with Crippen LogP contribution in [0.15, 0.2) is 170 Å². The third-order valence-electron chi connectivity index (χ3n) is 13.1. The van der Waals surface area contributed by atoms with Crippen LogP contribution < -0.4 is 10.2 Å². The van der Waals surface area contributed by atoms with Crippen molar-refractivity contribution in [3.05, 3.63) is 170 Å². The maximum absolute atomic E-state index is 13.0. The maximum atomic E-state index is 13.0. The summed E-state index contributed by atoms with van der Waals surface area (Å²) in [7, 11) is 1.20. The molecule has 0 rings (SSSR count). The summed E-state index contributed by atoms with van der Waals surface area (Å²) in [4.78, 5) is 25.5. The third kappa shape index (κ3) is 63.3. The minimum atomic E-state index is -4.63. The Kier molecular flexibility index (Phi) is 57.4. The zero-order valence-electron chi connectivity index (χ0n) is 52.2. The topological polar surface area (TPSA) is 108 Å². The van der Waals surface area contributed by atoms with Crippen LogP contribution in [0.5, 0.6) is 0 Å². The van der Waals surface area contributed by atoms with Crippen LogP contribution in [0.1, 0.15) is 226 Å². The van der Waals surface area contributed by atoms with Crippen LogP contribution in [0.25, 0.3) is 0 Å². The summed E-state index contributed by atoms with van der Waals surface area (Å²) in [6.07, 6.45) is 95.9. The van der Waals surface area contributed by atoms with Crippen molar-refractivity contribution in [3.8, 4) is 0 Å². The van der Waals surface area contributed by atoms with Crippen molar-refractivity contribution in [2.24, 2.45) is 0 Å². The Morgan fingerprint density at radius 2 is 0.765 bits per heavy atom. The van der Waals surface area contributed by atoms with Gasteiger partial charge in [0.1, 0.15) is 13.2 Å². The number of phosphoric ester groups is 1. The maximum Gasteiger partial charge on any atom is 0.268 e. The van der Waals surface area contributed by atoms with E-state index in [0.29, 0.717) is 17.4 Å². The highest BCUT2D eigenvalue weighted by atomic mass is 31.2. The van der Waals surface area contributed by atoms with Crippen LogP contribution in [-0.2, 0) is 18.4 Å². The number of carbonyl (C=O) groups is 1. The van der Waals surface area contributed by atoms with Gasteiger partial charge in [-0.3, -0.25) is 9.36 Å². The van der Waals surface area contributed by atoms with Gasteiger partial charge in [-0.05, 0) is 128 Å². The predicted molar refractivity (Wildman–Crippen MR) is 352 cm³/mol. The first-order valence-corrected chi connectivity index (χ1v) is 33.5. The number of rotatable bonds is 56. The summed E-state index contributed by atoms with van der Waals surface area (Å²) in [5.41, 5.74) is 0. The predicted octanol–water partition coefficient (Wildman–Crippen LogP) is 19.7. The molecule has 1 amide bonds. The molecule has 0 aromatic carbocycles. The number of nitrogens with one attached hydrogen (secondary N) is 1. The van der Waals surface area contributed by atoms with Crippen LogP contribution in [0.3, 0.4) is 0 Å². The number of hydrogen-bond acceptors (Lipinski definition) is 6.